The van der Waals surface area contributed by atoms with Crippen LogP contribution in [-0.4, -0.2) is 48.2 Å². The van der Waals surface area contributed by atoms with Gasteiger partial charge in [-0.2, -0.15) is 0 Å². The quantitative estimate of drug-likeness (QED) is 0.464. The van der Waals surface area contributed by atoms with E-state index in [0.717, 1.165) is 41.5 Å². The first-order chi connectivity index (χ1) is 16.8. The molecule has 0 bridgehead atoms. The smallest absolute Gasteiger partial charge is 0.407 e. The summed E-state index contributed by atoms with van der Waals surface area (Å²) in [6.07, 6.45) is -2.46. The summed E-state index contributed by atoms with van der Waals surface area (Å²) in [5.74, 6) is -1.99. The number of carboxylic acid groups (broad SMARTS) is 1. The second-order valence-electron chi connectivity index (χ2n) is 9.08. The lowest BCUT2D eigenvalue weighted by Crippen LogP contribution is -2.48. The van der Waals surface area contributed by atoms with E-state index in [0.29, 0.717) is 0 Å². The summed E-state index contributed by atoms with van der Waals surface area (Å²) < 4.78 is 32.5. The molecule has 2 aliphatic rings. The monoisotopic (exact) mass is 486 g/mol. The van der Waals surface area contributed by atoms with Crippen molar-refractivity contribution in [1.82, 2.24) is 10.6 Å². The number of nitrogens with one attached hydrogen (secondary N) is 2. The number of hydrogen-bond donors (Lipinski definition) is 3. The number of carbonyl (C=O) groups excluding carboxylic acids is 2. The zero-order valence-electron chi connectivity index (χ0n) is 19.1. The molecule has 7 nitrogen and oxygen atoms in total. The SMILES string of the molecule is O=C(O)CC(NC(=O)CC(NC(=O)OCC1c2ccccc2-c2ccccc21)C(F)F)C1CCC1. The lowest BCUT2D eigenvalue weighted by Gasteiger charge is -2.33. The van der Waals surface area contributed by atoms with Gasteiger partial charge in [-0.1, -0.05) is 55.0 Å². The highest BCUT2D eigenvalue weighted by atomic mass is 19.3. The summed E-state index contributed by atoms with van der Waals surface area (Å²) in [7, 11) is 0. The molecule has 186 valence electrons. The van der Waals surface area contributed by atoms with Gasteiger partial charge < -0.3 is 20.5 Å². The molecule has 35 heavy (non-hydrogen) atoms. The normalized spacial score (nSPS) is 16.5. The minimum absolute atomic E-state index is 0.0233. The molecule has 2 aromatic rings. The van der Waals surface area contributed by atoms with Gasteiger partial charge in [-0.3, -0.25) is 9.59 Å². The first-order valence-corrected chi connectivity index (χ1v) is 11.7. The molecule has 0 heterocycles. The molecule has 4 rings (SSSR count). The van der Waals surface area contributed by atoms with Crippen LogP contribution in [0.2, 0.25) is 0 Å². The van der Waals surface area contributed by atoms with Gasteiger partial charge in [-0.15, -0.1) is 0 Å². The van der Waals surface area contributed by atoms with Crippen LogP contribution in [0.3, 0.4) is 0 Å². The third-order valence-electron chi connectivity index (χ3n) is 6.82. The molecule has 0 aromatic heterocycles. The van der Waals surface area contributed by atoms with Crippen molar-refractivity contribution in [3.63, 3.8) is 0 Å². The topological polar surface area (TPSA) is 105 Å². The number of alkyl halides is 2. The molecular weight excluding hydrogens is 458 g/mol. The average Bonchev–Trinajstić information content (AvgIpc) is 3.09. The molecule has 0 radical (unpaired) electrons. The van der Waals surface area contributed by atoms with Crippen molar-refractivity contribution < 1.29 is 33.0 Å². The third-order valence-corrected chi connectivity index (χ3v) is 6.82. The fraction of sp³-hybridized carbons (Fsp3) is 0.423. The number of fused-ring (bicyclic) bond motifs is 3. The molecule has 1 saturated carbocycles. The fourth-order valence-corrected chi connectivity index (χ4v) is 4.83. The molecule has 0 saturated heterocycles. The van der Waals surface area contributed by atoms with E-state index in [-0.39, 0.29) is 24.9 Å². The van der Waals surface area contributed by atoms with Crippen LogP contribution in [0.5, 0.6) is 0 Å². The zero-order valence-corrected chi connectivity index (χ0v) is 19.1. The van der Waals surface area contributed by atoms with Crippen molar-refractivity contribution in [3.8, 4) is 11.1 Å². The van der Waals surface area contributed by atoms with Crippen LogP contribution in [0.25, 0.3) is 11.1 Å². The van der Waals surface area contributed by atoms with Crippen molar-refractivity contribution in [2.75, 3.05) is 6.61 Å². The van der Waals surface area contributed by atoms with Crippen LogP contribution >= 0.6 is 0 Å². The van der Waals surface area contributed by atoms with Gasteiger partial charge in [0.15, 0.2) is 0 Å². The Hall–Kier alpha value is -3.49. The van der Waals surface area contributed by atoms with E-state index in [1.54, 1.807) is 0 Å². The maximum Gasteiger partial charge on any atom is 0.407 e. The van der Waals surface area contributed by atoms with E-state index in [9.17, 15) is 23.2 Å². The van der Waals surface area contributed by atoms with Crippen molar-refractivity contribution in [2.24, 2.45) is 5.92 Å². The van der Waals surface area contributed by atoms with Crippen LogP contribution in [0.4, 0.5) is 13.6 Å². The van der Waals surface area contributed by atoms with Gasteiger partial charge in [0.25, 0.3) is 6.43 Å². The minimum Gasteiger partial charge on any atom is -0.481 e. The number of ether oxygens (including phenoxy) is 1. The van der Waals surface area contributed by atoms with Gasteiger partial charge in [0.1, 0.15) is 12.6 Å². The first-order valence-electron chi connectivity index (χ1n) is 11.7. The highest BCUT2D eigenvalue weighted by Gasteiger charge is 2.33. The number of halogens is 2. The molecule has 9 heteroatoms. The number of aliphatic carboxylic acids is 1. The Kier molecular flexibility index (Phi) is 7.63. The molecular formula is C26H28F2N2O5. The van der Waals surface area contributed by atoms with Gasteiger partial charge in [0.2, 0.25) is 5.91 Å². The Morgan fingerprint density at radius 1 is 0.943 bits per heavy atom. The lowest BCUT2D eigenvalue weighted by atomic mass is 9.78. The van der Waals surface area contributed by atoms with Gasteiger partial charge in [-0.25, -0.2) is 13.6 Å². The maximum absolute atomic E-state index is 13.6. The second kappa shape index (κ2) is 10.8. The Bertz CT molecular complexity index is 1040. The Labute approximate surface area is 201 Å². The number of hydrogen-bond acceptors (Lipinski definition) is 4. The van der Waals surface area contributed by atoms with Gasteiger partial charge in [0.05, 0.1) is 12.8 Å². The van der Waals surface area contributed by atoms with E-state index < -0.39 is 42.9 Å². The number of amides is 2. The van der Waals surface area contributed by atoms with Crippen LogP contribution < -0.4 is 10.6 Å². The number of carbonyl (C=O) groups is 3. The molecule has 0 spiro atoms. The third kappa shape index (κ3) is 5.78. The number of alkyl carbamates (subject to hydrolysis) is 1. The number of carboxylic acids is 1. The van der Waals surface area contributed by atoms with Gasteiger partial charge in [0, 0.05) is 12.0 Å². The van der Waals surface area contributed by atoms with Crippen LogP contribution in [0.1, 0.15) is 49.1 Å². The van der Waals surface area contributed by atoms with Crippen molar-refractivity contribution >= 4 is 18.0 Å². The summed E-state index contributed by atoms with van der Waals surface area (Å²) in [6.45, 7) is -0.0373. The Morgan fingerprint density at radius 3 is 2.06 bits per heavy atom. The zero-order chi connectivity index (χ0) is 24.9. The van der Waals surface area contributed by atoms with Crippen molar-refractivity contribution in [1.29, 1.82) is 0 Å². The fourth-order valence-electron chi connectivity index (χ4n) is 4.83. The number of benzene rings is 2. The maximum atomic E-state index is 13.6. The summed E-state index contributed by atoms with van der Waals surface area (Å²) in [6, 6.07) is 13.1. The Balaban J connectivity index is 1.34. The summed E-state index contributed by atoms with van der Waals surface area (Å²) in [5.41, 5.74) is 4.07. The lowest BCUT2D eigenvalue weighted by molar-refractivity contribution is -0.138. The summed E-state index contributed by atoms with van der Waals surface area (Å²) in [4.78, 5) is 35.9. The van der Waals surface area contributed by atoms with Crippen LogP contribution in [0, 0.1) is 5.92 Å². The van der Waals surface area contributed by atoms with Crippen molar-refractivity contribution in [3.05, 3.63) is 59.7 Å². The minimum atomic E-state index is -3.00. The van der Waals surface area contributed by atoms with Crippen LogP contribution in [0.15, 0.2) is 48.5 Å². The Morgan fingerprint density at radius 2 is 1.54 bits per heavy atom. The number of rotatable bonds is 10. The highest BCUT2D eigenvalue weighted by molar-refractivity contribution is 5.80. The largest absolute Gasteiger partial charge is 0.481 e. The molecule has 3 N–H and O–H groups in total. The van der Waals surface area contributed by atoms with E-state index in [1.807, 2.05) is 48.5 Å². The molecule has 2 aliphatic carbocycles. The van der Waals surface area contributed by atoms with E-state index in [4.69, 9.17) is 9.84 Å². The average molecular weight is 487 g/mol. The summed E-state index contributed by atoms with van der Waals surface area (Å²) in [5, 5.41) is 13.7. The summed E-state index contributed by atoms with van der Waals surface area (Å²) >= 11 is 0. The molecule has 2 unspecified atom stereocenters. The van der Waals surface area contributed by atoms with Gasteiger partial charge >= 0.3 is 12.1 Å². The highest BCUT2D eigenvalue weighted by Crippen LogP contribution is 2.44. The first kappa shape index (κ1) is 24.6. The standard InChI is InChI=1S/C26H28F2N2O5/c27-25(28)22(12-23(31)29-21(13-24(32)33)15-6-5-7-15)30-26(34)35-14-20-18-10-3-1-8-16(18)17-9-2-4-11-19(17)20/h1-4,8-11,15,20-22,25H,5-7,12-14H2,(H,29,31)(H,30,34)(H,32,33). The molecule has 0 aliphatic heterocycles. The van der Waals surface area contributed by atoms with E-state index in [2.05, 4.69) is 10.6 Å². The van der Waals surface area contributed by atoms with Crippen LogP contribution in [-0.2, 0) is 14.3 Å². The second-order valence-corrected chi connectivity index (χ2v) is 9.08. The predicted molar refractivity (Wildman–Crippen MR) is 124 cm³/mol. The predicted octanol–water partition coefficient (Wildman–Crippen LogP) is 4.31. The molecule has 2 atom stereocenters. The molecule has 2 aromatic carbocycles. The molecule has 2 amide bonds. The molecule has 1 fully saturated rings. The van der Waals surface area contributed by atoms with E-state index in [1.165, 1.54) is 0 Å². The van der Waals surface area contributed by atoms with E-state index >= 15 is 0 Å². The van der Waals surface area contributed by atoms with Gasteiger partial charge in [-0.05, 0) is 41.0 Å². The van der Waals surface area contributed by atoms with Crippen molar-refractivity contribution in [2.45, 2.75) is 56.5 Å².